The molecule has 1 heteroatoms. The number of aldehydes is 1. The number of rotatable bonds is 9. The Bertz CT molecular complexity index is 404. The fourth-order valence-corrected chi connectivity index (χ4v) is 1.42. The Balaban J connectivity index is 3.45. The smallest absolute Gasteiger partial charge is 0.143 e. The van der Waals surface area contributed by atoms with Gasteiger partial charge >= 0.3 is 0 Å². The summed E-state index contributed by atoms with van der Waals surface area (Å²) in [5.74, 6) is 11.0. The lowest BCUT2D eigenvalue weighted by Gasteiger charge is -1.95. The summed E-state index contributed by atoms with van der Waals surface area (Å²) in [5, 5.41) is 0. The maximum absolute atomic E-state index is 9.93. The first-order chi connectivity index (χ1) is 9.41. The molecule has 100 valence electrons. The number of allylic oxidation sites excluding steroid dienone is 5. The second-order valence-corrected chi connectivity index (χ2v) is 4.02. The van der Waals surface area contributed by atoms with Gasteiger partial charge in [0.15, 0.2) is 0 Å². The molecule has 0 aromatic carbocycles. The van der Waals surface area contributed by atoms with Gasteiger partial charge in [-0.1, -0.05) is 42.9 Å². The van der Waals surface area contributed by atoms with Crippen LogP contribution in [0.25, 0.3) is 0 Å². The van der Waals surface area contributed by atoms with Gasteiger partial charge in [-0.3, -0.25) is 4.79 Å². The van der Waals surface area contributed by atoms with Crippen molar-refractivity contribution in [2.75, 3.05) is 0 Å². The highest BCUT2D eigenvalue weighted by Crippen LogP contribution is 2.06. The number of hydrogen-bond acceptors (Lipinski definition) is 1. The molecule has 19 heavy (non-hydrogen) atoms. The maximum Gasteiger partial charge on any atom is 0.143 e. The molecule has 0 rings (SSSR count). The molecule has 0 amide bonds. The van der Waals surface area contributed by atoms with Gasteiger partial charge in [-0.15, -0.1) is 6.58 Å². The van der Waals surface area contributed by atoms with E-state index in [9.17, 15) is 4.79 Å². The average Bonchev–Trinajstić information content (AvgIpc) is 2.43. The van der Waals surface area contributed by atoms with Crippen molar-refractivity contribution in [1.82, 2.24) is 0 Å². The Labute approximate surface area is 117 Å². The summed E-state index contributed by atoms with van der Waals surface area (Å²) in [6.45, 7) is 3.71. The Kier molecular flexibility index (Phi) is 14.3. The van der Waals surface area contributed by atoms with Crippen molar-refractivity contribution in [2.24, 2.45) is 0 Å². The van der Waals surface area contributed by atoms with Gasteiger partial charge in [0.1, 0.15) is 6.29 Å². The van der Waals surface area contributed by atoms with Crippen LogP contribution in [0.3, 0.4) is 0 Å². The molecule has 0 atom stereocenters. The molecule has 0 unspecified atom stereocenters. The topological polar surface area (TPSA) is 17.1 Å². The number of unbranched alkanes of at least 4 members (excludes halogenated alkanes) is 5. The summed E-state index contributed by atoms with van der Waals surface area (Å²) < 4.78 is 0. The van der Waals surface area contributed by atoms with E-state index in [1.165, 1.54) is 37.8 Å². The van der Waals surface area contributed by atoms with E-state index >= 15 is 0 Å². The summed E-state index contributed by atoms with van der Waals surface area (Å²) in [6, 6.07) is 0. The number of carbonyl (C=O) groups excluding carboxylic acids is 1. The molecule has 0 fully saturated rings. The third-order valence-electron chi connectivity index (χ3n) is 2.40. The molecule has 0 heterocycles. The number of carbonyl (C=O) groups is 1. The summed E-state index contributed by atoms with van der Waals surface area (Å²) in [7, 11) is 0. The first-order valence-electron chi connectivity index (χ1n) is 6.76. The van der Waals surface area contributed by atoms with Crippen molar-refractivity contribution in [3.8, 4) is 23.7 Å². The molecule has 0 N–H and O–H groups in total. The minimum atomic E-state index is 0.697. The zero-order valence-electron chi connectivity index (χ0n) is 11.5. The molecule has 0 radical (unpaired) electrons. The van der Waals surface area contributed by atoms with Crippen LogP contribution in [0.15, 0.2) is 37.0 Å². The molecule has 0 aromatic rings. The quantitative estimate of drug-likeness (QED) is 0.198. The highest BCUT2D eigenvalue weighted by molar-refractivity contribution is 5.65. The van der Waals surface area contributed by atoms with E-state index in [4.69, 9.17) is 0 Å². The van der Waals surface area contributed by atoms with Crippen molar-refractivity contribution < 1.29 is 4.79 Å². The van der Waals surface area contributed by atoms with Crippen molar-refractivity contribution in [3.05, 3.63) is 37.0 Å². The van der Waals surface area contributed by atoms with E-state index in [2.05, 4.69) is 42.4 Å². The first kappa shape index (κ1) is 17.0. The van der Waals surface area contributed by atoms with Crippen LogP contribution in [-0.4, -0.2) is 6.29 Å². The van der Waals surface area contributed by atoms with Gasteiger partial charge in [-0.05, 0) is 49.7 Å². The van der Waals surface area contributed by atoms with Crippen molar-refractivity contribution in [1.29, 1.82) is 0 Å². The SMILES string of the molecule is C=CCCCCCCC=CCC#CC#CC=CC=O. The Morgan fingerprint density at radius 3 is 2.47 bits per heavy atom. The second kappa shape index (κ2) is 16.0. The third kappa shape index (κ3) is 16.0. The lowest BCUT2D eigenvalue weighted by atomic mass is 10.1. The minimum Gasteiger partial charge on any atom is -0.299 e. The predicted octanol–water partition coefficient (Wildman–Crippen LogP) is 4.22. The average molecular weight is 254 g/mol. The molecule has 0 bridgehead atoms. The molecule has 0 aliphatic carbocycles. The zero-order valence-corrected chi connectivity index (χ0v) is 11.5. The molecule has 1 nitrogen and oxygen atoms in total. The summed E-state index contributed by atoms with van der Waals surface area (Å²) in [5.41, 5.74) is 0. The molecular weight excluding hydrogens is 232 g/mol. The van der Waals surface area contributed by atoms with Gasteiger partial charge in [0.2, 0.25) is 0 Å². The van der Waals surface area contributed by atoms with Crippen LogP contribution in [0.5, 0.6) is 0 Å². The zero-order chi connectivity index (χ0) is 14.0. The standard InChI is InChI=1S/C18H22O/c1-2-3-4-5-6-7-8-9-10-11-12-13-14-15-16-17-18-19/h2,9-10,16-18H,1,3-8,11H2. The van der Waals surface area contributed by atoms with E-state index in [1.807, 2.05) is 6.08 Å². The van der Waals surface area contributed by atoms with Crippen LogP contribution in [0, 0.1) is 23.7 Å². The van der Waals surface area contributed by atoms with Crippen LogP contribution in [0.4, 0.5) is 0 Å². The van der Waals surface area contributed by atoms with Gasteiger partial charge in [0.05, 0.1) is 0 Å². The van der Waals surface area contributed by atoms with E-state index in [0.29, 0.717) is 6.29 Å². The first-order valence-corrected chi connectivity index (χ1v) is 6.76. The van der Waals surface area contributed by atoms with E-state index in [1.54, 1.807) is 0 Å². The highest BCUT2D eigenvalue weighted by Gasteiger charge is 1.86. The van der Waals surface area contributed by atoms with E-state index < -0.39 is 0 Å². The van der Waals surface area contributed by atoms with E-state index in [-0.39, 0.29) is 0 Å². The molecule has 0 spiro atoms. The largest absolute Gasteiger partial charge is 0.299 e. The van der Waals surface area contributed by atoms with Gasteiger partial charge in [0, 0.05) is 6.42 Å². The second-order valence-electron chi connectivity index (χ2n) is 4.02. The van der Waals surface area contributed by atoms with Crippen molar-refractivity contribution in [3.63, 3.8) is 0 Å². The van der Waals surface area contributed by atoms with Crippen LogP contribution in [0.1, 0.15) is 44.9 Å². The Morgan fingerprint density at radius 1 is 0.947 bits per heavy atom. The summed E-state index contributed by atoms with van der Waals surface area (Å²) in [4.78, 5) is 9.93. The van der Waals surface area contributed by atoms with Crippen molar-refractivity contribution in [2.45, 2.75) is 44.9 Å². The van der Waals surface area contributed by atoms with Crippen LogP contribution >= 0.6 is 0 Å². The monoisotopic (exact) mass is 254 g/mol. The highest BCUT2D eigenvalue weighted by atomic mass is 16.1. The van der Waals surface area contributed by atoms with Crippen LogP contribution in [-0.2, 0) is 4.79 Å². The maximum atomic E-state index is 9.93. The minimum absolute atomic E-state index is 0.697. The lowest BCUT2D eigenvalue weighted by Crippen LogP contribution is -1.76. The van der Waals surface area contributed by atoms with Crippen LogP contribution < -0.4 is 0 Å². The van der Waals surface area contributed by atoms with Crippen LogP contribution in [0.2, 0.25) is 0 Å². The number of hydrogen-bond donors (Lipinski definition) is 0. The molecule has 0 aromatic heterocycles. The van der Waals surface area contributed by atoms with Gasteiger partial charge < -0.3 is 0 Å². The molecule has 0 saturated carbocycles. The lowest BCUT2D eigenvalue weighted by molar-refractivity contribution is -0.104. The fraction of sp³-hybridized carbons (Fsp3) is 0.389. The summed E-state index contributed by atoms with van der Waals surface area (Å²) >= 11 is 0. The Hall–Kier alpha value is -1.99. The van der Waals surface area contributed by atoms with E-state index in [0.717, 1.165) is 19.3 Å². The van der Waals surface area contributed by atoms with Crippen molar-refractivity contribution >= 4 is 6.29 Å². The Morgan fingerprint density at radius 2 is 1.74 bits per heavy atom. The molecule has 0 saturated heterocycles. The van der Waals surface area contributed by atoms with Gasteiger partial charge in [-0.25, -0.2) is 0 Å². The molecule has 0 aliphatic rings. The third-order valence-corrected chi connectivity index (χ3v) is 2.40. The predicted molar refractivity (Wildman–Crippen MR) is 82.4 cm³/mol. The summed E-state index contributed by atoms with van der Waals surface area (Å²) in [6.07, 6.45) is 17.9. The van der Waals surface area contributed by atoms with Gasteiger partial charge in [0.25, 0.3) is 0 Å². The molecular formula is C18H22O. The normalized spacial score (nSPS) is 9.68. The fourth-order valence-electron chi connectivity index (χ4n) is 1.42. The molecule has 0 aliphatic heterocycles. The van der Waals surface area contributed by atoms with Gasteiger partial charge in [-0.2, -0.15) is 0 Å².